The molecule has 0 fully saturated rings. The lowest BCUT2D eigenvalue weighted by molar-refractivity contribution is 0.0994. The third-order valence-corrected chi connectivity index (χ3v) is 4.62. The molecule has 0 aliphatic rings. The molecule has 1 aromatic carbocycles. The second-order valence-electron chi connectivity index (χ2n) is 5.52. The number of carbonyl (C=O) groups excluding carboxylic acids is 1. The fourth-order valence-corrected chi connectivity index (χ4v) is 3.34. The standard InChI is InChI=1S/C18H12FN3O3S/c19-11-4-6-13-15(9-11)26-18(20-13)21-17(24)14-7-5-12(25-14)10-22-8-2-1-3-16(22)23/h1-9H,10H2,(H,20,21,24). The maximum atomic E-state index is 13.2. The monoisotopic (exact) mass is 369 g/mol. The topological polar surface area (TPSA) is 77.1 Å². The number of amides is 1. The van der Waals surface area contributed by atoms with Gasteiger partial charge in [-0.05, 0) is 36.4 Å². The molecule has 3 aromatic heterocycles. The quantitative estimate of drug-likeness (QED) is 0.597. The molecule has 0 saturated carbocycles. The molecule has 8 heteroatoms. The highest BCUT2D eigenvalue weighted by atomic mass is 32.1. The molecule has 1 amide bonds. The van der Waals surface area contributed by atoms with E-state index in [-0.39, 0.29) is 23.7 Å². The molecule has 0 bridgehead atoms. The third-order valence-electron chi connectivity index (χ3n) is 3.68. The van der Waals surface area contributed by atoms with Crippen LogP contribution in [-0.4, -0.2) is 15.5 Å². The van der Waals surface area contributed by atoms with Gasteiger partial charge >= 0.3 is 0 Å². The molecule has 1 N–H and O–H groups in total. The van der Waals surface area contributed by atoms with Crippen LogP contribution in [0.15, 0.2) is 63.9 Å². The molecule has 3 heterocycles. The van der Waals surface area contributed by atoms with E-state index in [2.05, 4.69) is 10.3 Å². The zero-order valence-electron chi connectivity index (χ0n) is 13.3. The number of thiazole rings is 1. The van der Waals surface area contributed by atoms with Gasteiger partial charge in [-0.25, -0.2) is 9.37 Å². The summed E-state index contributed by atoms with van der Waals surface area (Å²) in [6, 6.07) is 12.3. The van der Waals surface area contributed by atoms with Gasteiger partial charge in [0.2, 0.25) is 0 Å². The molecular formula is C18H12FN3O3S. The van der Waals surface area contributed by atoms with E-state index in [4.69, 9.17) is 4.42 Å². The second kappa shape index (κ2) is 6.57. The van der Waals surface area contributed by atoms with E-state index in [1.807, 2.05) is 0 Å². The molecule has 0 atom stereocenters. The average molecular weight is 369 g/mol. The van der Waals surface area contributed by atoms with Crippen LogP contribution in [0.5, 0.6) is 0 Å². The van der Waals surface area contributed by atoms with Gasteiger partial charge in [0.15, 0.2) is 10.9 Å². The minimum Gasteiger partial charge on any atom is -0.454 e. The van der Waals surface area contributed by atoms with Crippen molar-refractivity contribution in [3.8, 4) is 0 Å². The van der Waals surface area contributed by atoms with E-state index in [9.17, 15) is 14.0 Å². The van der Waals surface area contributed by atoms with Crippen molar-refractivity contribution in [2.24, 2.45) is 0 Å². The Labute approximate surface area is 150 Å². The molecule has 0 unspecified atom stereocenters. The van der Waals surface area contributed by atoms with Gasteiger partial charge in [0.25, 0.3) is 11.5 Å². The normalized spacial score (nSPS) is 11.0. The molecule has 130 valence electrons. The maximum Gasteiger partial charge on any atom is 0.293 e. The zero-order chi connectivity index (χ0) is 18.1. The van der Waals surface area contributed by atoms with E-state index in [1.165, 1.54) is 40.2 Å². The Morgan fingerprint density at radius 2 is 2.12 bits per heavy atom. The summed E-state index contributed by atoms with van der Waals surface area (Å²) in [6.07, 6.45) is 1.64. The van der Waals surface area contributed by atoms with Gasteiger partial charge in [-0.15, -0.1) is 0 Å². The summed E-state index contributed by atoms with van der Waals surface area (Å²) in [5.74, 6) is -0.230. The molecule has 0 aliphatic heterocycles. The first-order valence-corrected chi connectivity index (χ1v) is 8.52. The Bertz CT molecular complexity index is 1160. The number of hydrogen-bond donors (Lipinski definition) is 1. The number of aromatic nitrogens is 2. The molecule has 0 aliphatic carbocycles. The van der Waals surface area contributed by atoms with Crippen LogP contribution >= 0.6 is 11.3 Å². The number of nitrogens with zero attached hydrogens (tertiary/aromatic N) is 2. The largest absolute Gasteiger partial charge is 0.454 e. The number of furan rings is 1. The maximum absolute atomic E-state index is 13.2. The van der Waals surface area contributed by atoms with E-state index in [1.54, 1.807) is 30.5 Å². The van der Waals surface area contributed by atoms with Crippen LogP contribution in [0.3, 0.4) is 0 Å². The van der Waals surface area contributed by atoms with Crippen molar-refractivity contribution in [1.29, 1.82) is 0 Å². The predicted octanol–water partition coefficient (Wildman–Crippen LogP) is 3.49. The average Bonchev–Trinajstić information content (AvgIpc) is 3.23. The molecule has 6 nitrogen and oxygen atoms in total. The molecular weight excluding hydrogens is 357 g/mol. The lowest BCUT2D eigenvalue weighted by Crippen LogP contribution is -2.18. The van der Waals surface area contributed by atoms with Crippen molar-refractivity contribution in [2.45, 2.75) is 6.54 Å². The van der Waals surface area contributed by atoms with Crippen molar-refractivity contribution >= 4 is 32.6 Å². The van der Waals surface area contributed by atoms with Gasteiger partial charge in [0.1, 0.15) is 11.6 Å². The zero-order valence-corrected chi connectivity index (χ0v) is 14.1. The second-order valence-corrected chi connectivity index (χ2v) is 6.55. The first-order valence-electron chi connectivity index (χ1n) is 7.70. The van der Waals surface area contributed by atoms with Crippen LogP contribution in [0.25, 0.3) is 10.2 Å². The molecule has 0 radical (unpaired) electrons. The number of carbonyl (C=O) groups is 1. The number of benzene rings is 1. The van der Waals surface area contributed by atoms with Crippen molar-refractivity contribution in [3.63, 3.8) is 0 Å². The molecule has 26 heavy (non-hydrogen) atoms. The summed E-state index contributed by atoms with van der Waals surface area (Å²) in [5.41, 5.74) is 0.451. The number of fused-ring (bicyclic) bond motifs is 1. The highest BCUT2D eigenvalue weighted by Crippen LogP contribution is 2.27. The van der Waals surface area contributed by atoms with Crippen LogP contribution in [0.1, 0.15) is 16.3 Å². The Morgan fingerprint density at radius 1 is 1.23 bits per heavy atom. The van der Waals surface area contributed by atoms with Gasteiger partial charge in [-0.1, -0.05) is 17.4 Å². The summed E-state index contributed by atoms with van der Waals surface area (Å²) < 4.78 is 20.9. The molecule has 0 saturated heterocycles. The number of nitrogens with one attached hydrogen (secondary N) is 1. The highest BCUT2D eigenvalue weighted by Gasteiger charge is 2.14. The minimum absolute atomic E-state index is 0.106. The number of halogens is 1. The predicted molar refractivity (Wildman–Crippen MR) is 96.0 cm³/mol. The fraction of sp³-hybridized carbons (Fsp3) is 0.0556. The first-order chi connectivity index (χ1) is 12.6. The lowest BCUT2D eigenvalue weighted by Gasteiger charge is -2.02. The number of pyridine rings is 1. The first kappa shape index (κ1) is 16.2. The molecule has 4 aromatic rings. The van der Waals surface area contributed by atoms with E-state index in [0.29, 0.717) is 21.1 Å². The minimum atomic E-state index is -0.462. The van der Waals surface area contributed by atoms with Crippen LogP contribution in [-0.2, 0) is 6.54 Å². The van der Waals surface area contributed by atoms with Crippen LogP contribution < -0.4 is 10.9 Å². The fourth-order valence-electron chi connectivity index (χ4n) is 2.45. The Hall–Kier alpha value is -3.26. The van der Waals surface area contributed by atoms with Crippen LogP contribution in [0, 0.1) is 5.82 Å². The summed E-state index contributed by atoms with van der Waals surface area (Å²) in [7, 11) is 0. The van der Waals surface area contributed by atoms with Crippen LogP contribution in [0.2, 0.25) is 0 Å². The van der Waals surface area contributed by atoms with Crippen molar-refractivity contribution in [1.82, 2.24) is 9.55 Å². The van der Waals surface area contributed by atoms with Crippen molar-refractivity contribution in [3.05, 3.63) is 82.4 Å². The summed E-state index contributed by atoms with van der Waals surface area (Å²) in [6.45, 7) is 0.230. The van der Waals surface area contributed by atoms with Crippen molar-refractivity contribution < 1.29 is 13.6 Å². The van der Waals surface area contributed by atoms with Gasteiger partial charge in [0, 0.05) is 12.3 Å². The Kier molecular flexibility index (Phi) is 4.10. The lowest BCUT2D eigenvalue weighted by atomic mass is 10.3. The van der Waals surface area contributed by atoms with Gasteiger partial charge in [-0.3, -0.25) is 14.9 Å². The Balaban J connectivity index is 1.50. The van der Waals surface area contributed by atoms with Crippen molar-refractivity contribution in [2.75, 3.05) is 5.32 Å². The SMILES string of the molecule is O=C(Nc1nc2ccc(F)cc2s1)c1ccc(Cn2ccccc2=O)o1. The highest BCUT2D eigenvalue weighted by molar-refractivity contribution is 7.22. The summed E-state index contributed by atoms with van der Waals surface area (Å²) in [5, 5.41) is 2.99. The van der Waals surface area contributed by atoms with E-state index < -0.39 is 5.91 Å². The van der Waals surface area contributed by atoms with Gasteiger partial charge in [-0.2, -0.15) is 0 Å². The number of hydrogen-bond acceptors (Lipinski definition) is 5. The van der Waals surface area contributed by atoms with Gasteiger partial charge < -0.3 is 8.98 Å². The summed E-state index contributed by atoms with van der Waals surface area (Å²) >= 11 is 1.18. The Morgan fingerprint density at radius 3 is 2.96 bits per heavy atom. The molecule has 4 rings (SSSR count). The van der Waals surface area contributed by atoms with Gasteiger partial charge in [0.05, 0.1) is 16.8 Å². The third kappa shape index (κ3) is 3.27. The number of anilines is 1. The smallest absolute Gasteiger partial charge is 0.293 e. The number of rotatable bonds is 4. The summed E-state index contributed by atoms with van der Waals surface area (Å²) in [4.78, 5) is 28.3. The molecule has 0 spiro atoms. The van der Waals surface area contributed by atoms with E-state index >= 15 is 0 Å². The van der Waals surface area contributed by atoms with Crippen LogP contribution in [0.4, 0.5) is 9.52 Å². The van der Waals surface area contributed by atoms with E-state index in [0.717, 1.165) is 0 Å².